The Labute approximate surface area is 160 Å². The fourth-order valence-corrected chi connectivity index (χ4v) is 4.50. The highest BCUT2D eigenvalue weighted by atomic mass is 32.2. The van der Waals surface area contributed by atoms with Crippen LogP contribution in [-0.4, -0.2) is 27.6 Å². The number of benzene rings is 2. The lowest BCUT2D eigenvalue weighted by molar-refractivity contribution is 0.355. The summed E-state index contributed by atoms with van der Waals surface area (Å²) in [6.07, 6.45) is 0. The van der Waals surface area contributed by atoms with Crippen LogP contribution in [0, 0.1) is 0 Å². The highest BCUT2D eigenvalue weighted by Crippen LogP contribution is 2.34. The molecule has 0 unspecified atom stereocenters. The van der Waals surface area contributed by atoms with Gasteiger partial charge in [0.2, 0.25) is 5.13 Å². The van der Waals surface area contributed by atoms with Crippen molar-refractivity contribution in [2.24, 2.45) is 0 Å². The number of methoxy groups -OCH3 is 2. The minimum Gasteiger partial charge on any atom is -0.493 e. The largest absolute Gasteiger partial charge is 0.493 e. The Balaban J connectivity index is 1.99. The maximum atomic E-state index is 12.5. The molecule has 0 fully saturated rings. The van der Waals surface area contributed by atoms with Crippen LogP contribution >= 0.6 is 11.3 Å². The predicted molar refractivity (Wildman–Crippen MR) is 104 cm³/mol. The van der Waals surface area contributed by atoms with Crippen LogP contribution in [-0.2, 0) is 10.0 Å². The molecule has 0 radical (unpaired) electrons. The Morgan fingerprint density at radius 1 is 0.963 bits per heavy atom. The van der Waals surface area contributed by atoms with E-state index in [1.807, 2.05) is 0 Å². The van der Waals surface area contributed by atoms with Gasteiger partial charge in [0, 0.05) is 10.9 Å². The first-order valence-corrected chi connectivity index (χ1v) is 10.1. The van der Waals surface area contributed by atoms with Crippen LogP contribution in [0.5, 0.6) is 11.5 Å². The Bertz CT molecular complexity index is 1110. The summed E-state index contributed by atoms with van der Waals surface area (Å²) in [7, 11) is -0.802. The van der Waals surface area contributed by atoms with Gasteiger partial charge in [-0.15, -0.1) is 0 Å². The van der Waals surface area contributed by atoms with E-state index in [9.17, 15) is 13.2 Å². The SMILES string of the molecule is COc1ccc(-c2cc(=O)nc(NS(=O)(=O)c3ccccc3)s2)cc1OC. The van der Waals surface area contributed by atoms with Crippen molar-refractivity contribution >= 4 is 26.5 Å². The molecule has 140 valence electrons. The number of sulfonamides is 1. The van der Waals surface area contributed by atoms with Crippen LogP contribution in [0.3, 0.4) is 0 Å². The lowest BCUT2D eigenvalue weighted by Gasteiger charge is -2.10. The molecule has 9 heteroatoms. The molecule has 0 spiro atoms. The van der Waals surface area contributed by atoms with Crippen molar-refractivity contribution in [2.75, 3.05) is 18.9 Å². The summed E-state index contributed by atoms with van der Waals surface area (Å²) in [6.45, 7) is 0. The summed E-state index contributed by atoms with van der Waals surface area (Å²) in [4.78, 5) is 16.4. The number of hydrogen-bond acceptors (Lipinski definition) is 7. The first-order chi connectivity index (χ1) is 12.9. The number of nitrogens with one attached hydrogen (secondary N) is 1. The molecule has 0 aliphatic rings. The van der Waals surface area contributed by atoms with Gasteiger partial charge in [-0.1, -0.05) is 29.5 Å². The molecular weight excluding hydrogens is 388 g/mol. The van der Waals surface area contributed by atoms with Gasteiger partial charge in [0.05, 0.1) is 19.1 Å². The number of anilines is 1. The van der Waals surface area contributed by atoms with Gasteiger partial charge < -0.3 is 9.47 Å². The molecule has 27 heavy (non-hydrogen) atoms. The van der Waals surface area contributed by atoms with Crippen LogP contribution in [0.15, 0.2) is 64.3 Å². The number of ether oxygens (including phenoxy) is 2. The highest BCUT2D eigenvalue weighted by Gasteiger charge is 2.16. The van der Waals surface area contributed by atoms with E-state index in [1.54, 1.807) is 36.4 Å². The molecule has 0 saturated carbocycles. The number of hydrogen-bond donors (Lipinski definition) is 1. The summed E-state index contributed by atoms with van der Waals surface area (Å²) in [5.74, 6) is 1.05. The van der Waals surface area contributed by atoms with Crippen LogP contribution in [0.4, 0.5) is 5.13 Å². The first kappa shape index (κ1) is 18.9. The molecule has 1 aromatic heterocycles. The molecule has 2 aromatic carbocycles. The van der Waals surface area contributed by atoms with Crippen molar-refractivity contribution < 1.29 is 17.9 Å². The van der Waals surface area contributed by atoms with Crippen molar-refractivity contribution in [1.29, 1.82) is 0 Å². The first-order valence-electron chi connectivity index (χ1n) is 7.75. The molecule has 0 bridgehead atoms. The maximum absolute atomic E-state index is 12.5. The van der Waals surface area contributed by atoms with Gasteiger partial charge in [-0.05, 0) is 35.9 Å². The van der Waals surface area contributed by atoms with E-state index < -0.39 is 15.6 Å². The van der Waals surface area contributed by atoms with Gasteiger partial charge >= 0.3 is 0 Å². The van der Waals surface area contributed by atoms with E-state index in [2.05, 4.69) is 9.71 Å². The second kappa shape index (κ2) is 7.77. The third kappa shape index (κ3) is 4.26. The van der Waals surface area contributed by atoms with E-state index in [1.165, 1.54) is 32.4 Å². The summed E-state index contributed by atoms with van der Waals surface area (Å²) in [6, 6.07) is 14.4. The average molecular weight is 404 g/mol. The van der Waals surface area contributed by atoms with Crippen molar-refractivity contribution in [3.8, 4) is 21.9 Å². The Kier molecular flexibility index (Phi) is 5.43. The fraction of sp³-hybridized carbons (Fsp3) is 0.111. The standard InChI is InChI=1S/C18H16N2O5S2/c1-24-14-9-8-12(10-15(14)25-2)16-11-17(21)19-18(26-16)20-27(22,23)13-6-4-3-5-7-13/h3-11H,1-2H3,(H,19,20,21). The second-order valence-electron chi connectivity index (χ2n) is 5.35. The van der Waals surface area contributed by atoms with E-state index in [4.69, 9.17) is 9.47 Å². The zero-order valence-electron chi connectivity index (χ0n) is 14.5. The minimum absolute atomic E-state index is 0.0175. The van der Waals surface area contributed by atoms with Crippen molar-refractivity contribution in [1.82, 2.24) is 4.98 Å². The lowest BCUT2D eigenvalue weighted by atomic mass is 10.1. The summed E-state index contributed by atoms with van der Waals surface area (Å²) in [5, 5.41) is -0.0175. The van der Waals surface area contributed by atoms with Gasteiger partial charge in [0.25, 0.3) is 15.6 Å². The number of rotatable bonds is 6. The molecule has 0 aliphatic heterocycles. The normalized spacial score (nSPS) is 11.0. The number of nitrogens with zero attached hydrogens (tertiary/aromatic N) is 1. The predicted octanol–water partition coefficient (Wildman–Crippen LogP) is 2.99. The molecule has 1 heterocycles. The minimum atomic E-state index is -3.84. The van der Waals surface area contributed by atoms with Gasteiger partial charge in [-0.3, -0.25) is 9.52 Å². The van der Waals surface area contributed by atoms with E-state index in [-0.39, 0.29) is 10.0 Å². The molecule has 7 nitrogen and oxygen atoms in total. The second-order valence-corrected chi connectivity index (χ2v) is 8.07. The Morgan fingerprint density at radius 3 is 2.33 bits per heavy atom. The molecule has 3 rings (SSSR count). The molecule has 0 aliphatic carbocycles. The van der Waals surface area contributed by atoms with Crippen LogP contribution in [0.25, 0.3) is 10.4 Å². The number of aromatic nitrogens is 1. The average Bonchev–Trinajstić information content (AvgIpc) is 2.67. The summed E-state index contributed by atoms with van der Waals surface area (Å²) >= 11 is 1.05. The van der Waals surface area contributed by atoms with E-state index in [0.717, 1.165) is 11.3 Å². The smallest absolute Gasteiger partial charge is 0.273 e. The Hall–Kier alpha value is -2.91. The molecule has 0 saturated heterocycles. The molecule has 0 atom stereocenters. The lowest BCUT2D eigenvalue weighted by Crippen LogP contribution is -2.16. The quantitative estimate of drug-likeness (QED) is 0.679. The van der Waals surface area contributed by atoms with Gasteiger partial charge in [0.1, 0.15) is 0 Å². The van der Waals surface area contributed by atoms with Crippen LogP contribution < -0.4 is 19.8 Å². The molecule has 3 aromatic rings. The topological polar surface area (TPSA) is 94.6 Å². The van der Waals surface area contributed by atoms with Gasteiger partial charge in [0.15, 0.2) is 11.5 Å². The van der Waals surface area contributed by atoms with Crippen molar-refractivity contribution in [3.05, 3.63) is 65.0 Å². The van der Waals surface area contributed by atoms with Crippen LogP contribution in [0.2, 0.25) is 0 Å². The molecular formula is C18H16N2O5S2. The van der Waals surface area contributed by atoms with E-state index in [0.29, 0.717) is 21.9 Å². The van der Waals surface area contributed by atoms with Crippen molar-refractivity contribution in [3.63, 3.8) is 0 Å². The third-order valence-electron chi connectivity index (χ3n) is 3.62. The zero-order chi connectivity index (χ0) is 19.4. The zero-order valence-corrected chi connectivity index (χ0v) is 16.1. The molecule has 0 amide bonds. The van der Waals surface area contributed by atoms with Crippen molar-refractivity contribution in [2.45, 2.75) is 4.90 Å². The van der Waals surface area contributed by atoms with Gasteiger partial charge in [-0.25, -0.2) is 8.42 Å². The third-order valence-corrected chi connectivity index (χ3v) is 6.06. The highest BCUT2D eigenvalue weighted by molar-refractivity contribution is 7.93. The summed E-state index contributed by atoms with van der Waals surface area (Å²) < 4.78 is 37.8. The summed E-state index contributed by atoms with van der Waals surface area (Å²) in [5.41, 5.74) is 0.126. The Morgan fingerprint density at radius 2 is 1.67 bits per heavy atom. The monoisotopic (exact) mass is 404 g/mol. The fourth-order valence-electron chi connectivity index (χ4n) is 2.35. The molecule has 1 N–H and O–H groups in total. The maximum Gasteiger partial charge on any atom is 0.273 e. The van der Waals surface area contributed by atoms with Crippen LogP contribution in [0.1, 0.15) is 0 Å². The van der Waals surface area contributed by atoms with E-state index >= 15 is 0 Å². The van der Waals surface area contributed by atoms with Gasteiger partial charge in [-0.2, -0.15) is 4.98 Å².